The lowest BCUT2D eigenvalue weighted by Gasteiger charge is -2.33. The molecule has 0 radical (unpaired) electrons. The molecule has 1 heterocycles. The van der Waals surface area contributed by atoms with Crippen molar-refractivity contribution in [2.45, 2.75) is 19.0 Å². The van der Waals surface area contributed by atoms with Crippen LogP contribution in [0.2, 0.25) is 0 Å². The Balaban J connectivity index is 2.18. The van der Waals surface area contributed by atoms with Crippen molar-refractivity contribution in [3.8, 4) is 0 Å². The van der Waals surface area contributed by atoms with Gasteiger partial charge in [0.25, 0.3) is 0 Å². The van der Waals surface area contributed by atoms with Gasteiger partial charge in [0, 0.05) is 18.8 Å². The number of alkyl halides is 3. The SMILES string of the molecule is O=C(O)C1CCN(c2ccccc2C(F)(F)F)CC1. The summed E-state index contributed by atoms with van der Waals surface area (Å²) in [7, 11) is 0. The quantitative estimate of drug-likeness (QED) is 0.900. The van der Waals surface area contributed by atoms with Crippen LogP contribution in [0.4, 0.5) is 18.9 Å². The number of hydrogen-bond donors (Lipinski definition) is 1. The molecule has 0 aliphatic carbocycles. The topological polar surface area (TPSA) is 40.5 Å². The minimum atomic E-state index is -4.39. The highest BCUT2D eigenvalue weighted by Crippen LogP contribution is 2.37. The Morgan fingerprint density at radius 1 is 1.21 bits per heavy atom. The standard InChI is InChI=1S/C13H14F3NO2/c14-13(15,16)10-3-1-2-4-11(10)17-7-5-9(6-8-17)12(18)19/h1-4,9H,5-8H2,(H,18,19). The number of rotatable bonds is 2. The van der Waals surface area contributed by atoms with Gasteiger partial charge in [0.05, 0.1) is 11.5 Å². The van der Waals surface area contributed by atoms with Gasteiger partial charge in [0.2, 0.25) is 0 Å². The molecule has 0 unspecified atom stereocenters. The minimum absolute atomic E-state index is 0.138. The first kappa shape index (κ1) is 13.7. The van der Waals surface area contributed by atoms with Crippen LogP contribution in [0.15, 0.2) is 24.3 Å². The molecule has 6 heteroatoms. The first-order chi connectivity index (χ1) is 8.89. The molecule has 2 rings (SSSR count). The van der Waals surface area contributed by atoms with Gasteiger partial charge in [0.1, 0.15) is 0 Å². The molecule has 0 bridgehead atoms. The molecular formula is C13H14F3NO2. The first-order valence-corrected chi connectivity index (χ1v) is 6.03. The highest BCUT2D eigenvalue weighted by atomic mass is 19.4. The molecule has 1 saturated heterocycles. The van der Waals surface area contributed by atoms with E-state index in [-0.39, 0.29) is 5.69 Å². The second-order valence-corrected chi connectivity index (χ2v) is 4.61. The highest BCUT2D eigenvalue weighted by Gasteiger charge is 2.35. The summed E-state index contributed by atoms with van der Waals surface area (Å²) in [6, 6.07) is 5.41. The van der Waals surface area contributed by atoms with Crippen LogP contribution in [0.5, 0.6) is 0 Å². The molecule has 3 nitrogen and oxygen atoms in total. The average molecular weight is 273 g/mol. The lowest BCUT2D eigenvalue weighted by atomic mass is 9.96. The molecule has 104 valence electrons. The normalized spacial score (nSPS) is 17.5. The number of para-hydroxylation sites is 1. The predicted octanol–water partition coefficient (Wildman–Crippen LogP) is 3.01. The summed E-state index contributed by atoms with van der Waals surface area (Å²) in [6.45, 7) is 0.675. The summed E-state index contributed by atoms with van der Waals surface area (Å²) in [5.74, 6) is -1.32. The van der Waals surface area contributed by atoms with E-state index in [9.17, 15) is 18.0 Å². The number of benzene rings is 1. The van der Waals surface area contributed by atoms with Gasteiger partial charge < -0.3 is 10.0 Å². The van der Waals surface area contributed by atoms with E-state index in [0.29, 0.717) is 25.9 Å². The molecule has 0 aromatic heterocycles. The van der Waals surface area contributed by atoms with Gasteiger partial charge in [-0.3, -0.25) is 4.79 Å². The second-order valence-electron chi connectivity index (χ2n) is 4.61. The van der Waals surface area contributed by atoms with Crippen molar-refractivity contribution in [2.24, 2.45) is 5.92 Å². The van der Waals surface area contributed by atoms with E-state index in [1.807, 2.05) is 0 Å². The monoisotopic (exact) mass is 273 g/mol. The molecule has 0 saturated carbocycles. The fraction of sp³-hybridized carbons (Fsp3) is 0.462. The van der Waals surface area contributed by atoms with Crippen molar-refractivity contribution in [2.75, 3.05) is 18.0 Å². The van der Waals surface area contributed by atoms with Crippen molar-refractivity contribution in [3.05, 3.63) is 29.8 Å². The number of carboxylic acid groups (broad SMARTS) is 1. The Bertz CT molecular complexity index is 465. The number of aliphatic carboxylic acids is 1. The van der Waals surface area contributed by atoms with Crippen LogP contribution in [-0.2, 0) is 11.0 Å². The van der Waals surface area contributed by atoms with Crippen LogP contribution in [0.25, 0.3) is 0 Å². The Morgan fingerprint density at radius 3 is 2.32 bits per heavy atom. The van der Waals surface area contributed by atoms with Gasteiger partial charge in [0.15, 0.2) is 0 Å². The van der Waals surface area contributed by atoms with Crippen molar-refractivity contribution in [1.29, 1.82) is 0 Å². The van der Waals surface area contributed by atoms with Crippen LogP contribution in [-0.4, -0.2) is 24.2 Å². The summed E-state index contributed by atoms with van der Waals surface area (Å²) < 4.78 is 38.7. The van der Waals surface area contributed by atoms with E-state index in [2.05, 4.69) is 0 Å². The Morgan fingerprint density at radius 2 is 1.79 bits per heavy atom. The molecular weight excluding hydrogens is 259 g/mol. The Kier molecular flexibility index (Phi) is 3.68. The maximum Gasteiger partial charge on any atom is 0.418 e. The summed E-state index contributed by atoms with van der Waals surface area (Å²) >= 11 is 0. The largest absolute Gasteiger partial charge is 0.481 e. The van der Waals surface area contributed by atoms with Gasteiger partial charge in [-0.15, -0.1) is 0 Å². The van der Waals surface area contributed by atoms with Crippen molar-refractivity contribution < 1.29 is 23.1 Å². The smallest absolute Gasteiger partial charge is 0.418 e. The maximum absolute atomic E-state index is 12.9. The molecule has 0 spiro atoms. The minimum Gasteiger partial charge on any atom is -0.481 e. The van der Waals surface area contributed by atoms with Gasteiger partial charge >= 0.3 is 12.1 Å². The van der Waals surface area contributed by atoms with E-state index in [1.54, 1.807) is 11.0 Å². The van der Waals surface area contributed by atoms with Crippen LogP contribution < -0.4 is 4.90 Å². The first-order valence-electron chi connectivity index (χ1n) is 6.03. The Hall–Kier alpha value is -1.72. The second kappa shape index (κ2) is 5.11. The molecule has 1 aromatic rings. The van der Waals surface area contributed by atoms with Crippen molar-refractivity contribution in [1.82, 2.24) is 0 Å². The van der Waals surface area contributed by atoms with E-state index in [0.717, 1.165) is 6.07 Å². The lowest BCUT2D eigenvalue weighted by molar-refractivity contribution is -0.142. The van der Waals surface area contributed by atoms with Gasteiger partial charge in [-0.1, -0.05) is 12.1 Å². The highest BCUT2D eigenvalue weighted by molar-refractivity contribution is 5.70. The summed E-state index contributed by atoms with van der Waals surface area (Å²) in [4.78, 5) is 12.4. The van der Waals surface area contributed by atoms with E-state index in [4.69, 9.17) is 5.11 Å². The third-order valence-corrected chi connectivity index (χ3v) is 3.39. The molecule has 1 aromatic carbocycles. The number of piperidine rings is 1. The maximum atomic E-state index is 12.9. The summed E-state index contributed by atoms with van der Waals surface area (Å²) in [6.07, 6.45) is -3.64. The predicted molar refractivity (Wildman–Crippen MR) is 64.0 cm³/mol. The number of hydrogen-bond acceptors (Lipinski definition) is 2. The number of carbonyl (C=O) groups is 1. The third kappa shape index (κ3) is 3.00. The van der Waals surface area contributed by atoms with E-state index >= 15 is 0 Å². The molecule has 1 aliphatic heterocycles. The number of carboxylic acids is 1. The Labute approximate surface area is 108 Å². The fourth-order valence-electron chi connectivity index (χ4n) is 2.36. The summed E-state index contributed by atoms with van der Waals surface area (Å²) in [5.41, 5.74) is -0.525. The van der Waals surface area contributed by atoms with Crippen LogP contribution >= 0.6 is 0 Å². The molecule has 1 aliphatic rings. The zero-order valence-electron chi connectivity index (χ0n) is 10.2. The van der Waals surface area contributed by atoms with E-state index < -0.39 is 23.6 Å². The summed E-state index contributed by atoms with van der Waals surface area (Å²) in [5, 5.41) is 8.88. The average Bonchev–Trinajstić information content (AvgIpc) is 2.38. The van der Waals surface area contributed by atoms with Crippen molar-refractivity contribution >= 4 is 11.7 Å². The number of nitrogens with zero attached hydrogens (tertiary/aromatic N) is 1. The fourth-order valence-corrected chi connectivity index (χ4v) is 2.36. The zero-order chi connectivity index (χ0) is 14.0. The molecule has 1 fully saturated rings. The molecule has 0 amide bonds. The lowest BCUT2D eigenvalue weighted by Crippen LogP contribution is -2.37. The van der Waals surface area contributed by atoms with Crippen LogP contribution in [0, 0.1) is 5.92 Å². The van der Waals surface area contributed by atoms with Gasteiger partial charge in [-0.2, -0.15) is 13.2 Å². The number of anilines is 1. The van der Waals surface area contributed by atoms with Crippen LogP contribution in [0.3, 0.4) is 0 Å². The van der Waals surface area contributed by atoms with Gasteiger partial charge in [-0.05, 0) is 25.0 Å². The molecule has 19 heavy (non-hydrogen) atoms. The molecule has 1 N–H and O–H groups in total. The van der Waals surface area contributed by atoms with Crippen molar-refractivity contribution in [3.63, 3.8) is 0 Å². The zero-order valence-corrected chi connectivity index (χ0v) is 10.2. The third-order valence-electron chi connectivity index (χ3n) is 3.39. The van der Waals surface area contributed by atoms with Gasteiger partial charge in [-0.25, -0.2) is 0 Å². The van der Waals surface area contributed by atoms with Crippen LogP contribution in [0.1, 0.15) is 18.4 Å². The molecule has 0 atom stereocenters. The van der Waals surface area contributed by atoms with E-state index in [1.165, 1.54) is 12.1 Å². The number of halogens is 3.